The Balaban J connectivity index is 2.63. The first-order valence-corrected chi connectivity index (χ1v) is 7.71. The molecule has 20 heavy (non-hydrogen) atoms. The molecule has 0 bridgehead atoms. The Labute approximate surface area is 122 Å². The van der Waals surface area contributed by atoms with Gasteiger partial charge in [-0.15, -0.1) is 0 Å². The highest BCUT2D eigenvalue weighted by molar-refractivity contribution is 5.20. The summed E-state index contributed by atoms with van der Waals surface area (Å²) < 4.78 is 19.3. The van der Waals surface area contributed by atoms with Crippen molar-refractivity contribution < 1.29 is 9.13 Å². The molecule has 2 N–H and O–H groups in total. The zero-order valence-corrected chi connectivity index (χ0v) is 12.9. The minimum Gasteiger partial charge on any atom is -0.372 e. The van der Waals surface area contributed by atoms with Gasteiger partial charge in [-0.3, -0.25) is 0 Å². The highest BCUT2D eigenvalue weighted by Crippen LogP contribution is 2.23. The smallest absolute Gasteiger partial charge is 0.123 e. The monoisotopic (exact) mass is 281 g/mol. The summed E-state index contributed by atoms with van der Waals surface area (Å²) >= 11 is 0. The fraction of sp³-hybridized carbons (Fsp3) is 0.647. The maximum atomic E-state index is 13.3. The van der Waals surface area contributed by atoms with Gasteiger partial charge < -0.3 is 10.5 Å². The lowest BCUT2D eigenvalue weighted by molar-refractivity contribution is 0.0126. The zero-order chi connectivity index (χ0) is 15.0. The van der Waals surface area contributed by atoms with Gasteiger partial charge in [0, 0.05) is 6.04 Å². The minimum absolute atomic E-state index is 0.152. The fourth-order valence-corrected chi connectivity index (χ4v) is 2.37. The van der Waals surface area contributed by atoms with E-state index >= 15 is 0 Å². The maximum Gasteiger partial charge on any atom is 0.123 e. The van der Waals surface area contributed by atoms with E-state index in [1.807, 2.05) is 13.0 Å². The van der Waals surface area contributed by atoms with Gasteiger partial charge in [-0.05, 0) is 37.0 Å². The van der Waals surface area contributed by atoms with Crippen LogP contribution in [0.25, 0.3) is 0 Å². The number of ether oxygens (including phenoxy) is 1. The summed E-state index contributed by atoms with van der Waals surface area (Å²) in [4.78, 5) is 0. The van der Waals surface area contributed by atoms with E-state index in [0.717, 1.165) is 12.0 Å². The zero-order valence-electron chi connectivity index (χ0n) is 12.9. The van der Waals surface area contributed by atoms with Crippen LogP contribution in [0.3, 0.4) is 0 Å². The highest BCUT2D eigenvalue weighted by atomic mass is 19.1. The van der Waals surface area contributed by atoms with Crippen LogP contribution in [-0.2, 0) is 4.74 Å². The second-order valence-corrected chi connectivity index (χ2v) is 5.58. The molecule has 3 atom stereocenters. The molecule has 0 aliphatic rings. The summed E-state index contributed by atoms with van der Waals surface area (Å²) in [6.45, 7) is 6.99. The Morgan fingerprint density at radius 2 is 2.05 bits per heavy atom. The van der Waals surface area contributed by atoms with Gasteiger partial charge in [0.25, 0.3) is 0 Å². The normalized spacial score (nSPS) is 15.8. The van der Waals surface area contributed by atoms with E-state index in [1.165, 1.54) is 31.4 Å². The summed E-state index contributed by atoms with van der Waals surface area (Å²) in [6.07, 6.45) is 4.49. The molecule has 3 unspecified atom stereocenters. The second kappa shape index (κ2) is 9.09. The molecule has 0 spiro atoms. The van der Waals surface area contributed by atoms with Crippen LogP contribution < -0.4 is 5.73 Å². The van der Waals surface area contributed by atoms with Gasteiger partial charge in [-0.25, -0.2) is 4.39 Å². The van der Waals surface area contributed by atoms with Gasteiger partial charge in [0.1, 0.15) is 5.82 Å². The average Bonchev–Trinajstić information content (AvgIpc) is 2.42. The van der Waals surface area contributed by atoms with E-state index in [4.69, 9.17) is 10.5 Å². The van der Waals surface area contributed by atoms with Crippen LogP contribution in [0, 0.1) is 11.7 Å². The van der Waals surface area contributed by atoms with E-state index in [9.17, 15) is 4.39 Å². The summed E-state index contributed by atoms with van der Waals surface area (Å²) in [6, 6.07) is 6.39. The molecule has 0 aliphatic heterocycles. The van der Waals surface area contributed by atoms with Gasteiger partial charge in [-0.1, -0.05) is 45.2 Å². The van der Waals surface area contributed by atoms with E-state index < -0.39 is 0 Å². The predicted molar refractivity (Wildman–Crippen MR) is 82.0 cm³/mol. The number of nitrogens with two attached hydrogens (primary N) is 1. The standard InChI is InChI=1S/C17H28FNO/c1-4-6-8-14(5-2)12-20-17(13(3)19)15-9-7-10-16(18)11-15/h7,9-11,13-14,17H,4-6,8,12,19H2,1-3H3. The highest BCUT2D eigenvalue weighted by Gasteiger charge is 2.19. The molecule has 0 radical (unpaired) electrons. The van der Waals surface area contributed by atoms with Crippen molar-refractivity contribution in [3.8, 4) is 0 Å². The molecular formula is C17H28FNO. The van der Waals surface area contributed by atoms with Crippen LogP contribution in [0.4, 0.5) is 4.39 Å². The average molecular weight is 281 g/mol. The van der Waals surface area contributed by atoms with E-state index in [1.54, 1.807) is 6.07 Å². The number of halogens is 1. The molecule has 0 heterocycles. The molecule has 0 fully saturated rings. The van der Waals surface area contributed by atoms with Crippen molar-refractivity contribution in [1.82, 2.24) is 0 Å². The van der Waals surface area contributed by atoms with Gasteiger partial charge in [0.05, 0.1) is 12.7 Å². The second-order valence-electron chi connectivity index (χ2n) is 5.58. The van der Waals surface area contributed by atoms with Crippen LogP contribution in [0.2, 0.25) is 0 Å². The van der Waals surface area contributed by atoms with E-state index in [0.29, 0.717) is 12.5 Å². The van der Waals surface area contributed by atoms with Crippen LogP contribution in [0.1, 0.15) is 58.1 Å². The molecule has 1 rings (SSSR count). The summed E-state index contributed by atoms with van der Waals surface area (Å²) in [7, 11) is 0. The molecule has 0 aliphatic carbocycles. The van der Waals surface area contributed by atoms with Crippen LogP contribution in [0.15, 0.2) is 24.3 Å². The number of benzene rings is 1. The third-order valence-electron chi connectivity index (χ3n) is 3.71. The number of unbranched alkanes of at least 4 members (excludes halogenated alkanes) is 1. The molecule has 1 aromatic carbocycles. The van der Waals surface area contributed by atoms with Crippen molar-refractivity contribution in [3.63, 3.8) is 0 Å². The van der Waals surface area contributed by atoms with Crippen LogP contribution in [-0.4, -0.2) is 12.6 Å². The van der Waals surface area contributed by atoms with Crippen LogP contribution >= 0.6 is 0 Å². The number of hydrogen-bond donors (Lipinski definition) is 1. The Hall–Kier alpha value is -0.930. The topological polar surface area (TPSA) is 35.2 Å². The van der Waals surface area contributed by atoms with Gasteiger partial charge in [0.15, 0.2) is 0 Å². The number of rotatable bonds is 9. The quantitative estimate of drug-likeness (QED) is 0.726. The van der Waals surface area contributed by atoms with Crippen molar-refractivity contribution in [2.75, 3.05) is 6.61 Å². The van der Waals surface area contributed by atoms with Crippen molar-refractivity contribution >= 4 is 0 Å². The van der Waals surface area contributed by atoms with Gasteiger partial charge in [0.2, 0.25) is 0 Å². The van der Waals surface area contributed by atoms with Gasteiger partial charge in [-0.2, -0.15) is 0 Å². The molecule has 2 nitrogen and oxygen atoms in total. The van der Waals surface area contributed by atoms with Crippen molar-refractivity contribution in [2.24, 2.45) is 11.7 Å². The number of hydrogen-bond acceptors (Lipinski definition) is 2. The fourth-order valence-electron chi connectivity index (χ4n) is 2.37. The first-order chi connectivity index (χ1) is 9.58. The maximum absolute atomic E-state index is 13.3. The van der Waals surface area contributed by atoms with Crippen molar-refractivity contribution in [2.45, 2.75) is 58.6 Å². The molecule has 0 saturated carbocycles. The Bertz CT molecular complexity index is 381. The summed E-state index contributed by atoms with van der Waals surface area (Å²) in [5, 5.41) is 0. The minimum atomic E-state index is -0.241. The first-order valence-electron chi connectivity index (χ1n) is 7.71. The lowest BCUT2D eigenvalue weighted by Gasteiger charge is -2.25. The Morgan fingerprint density at radius 1 is 1.30 bits per heavy atom. The van der Waals surface area contributed by atoms with E-state index in [-0.39, 0.29) is 18.0 Å². The molecule has 0 amide bonds. The molecule has 0 aromatic heterocycles. The van der Waals surface area contributed by atoms with Crippen molar-refractivity contribution in [3.05, 3.63) is 35.6 Å². The lowest BCUT2D eigenvalue weighted by Crippen LogP contribution is -2.28. The molecule has 1 aromatic rings. The van der Waals surface area contributed by atoms with Gasteiger partial charge >= 0.3 is 0 Å². The van der Waals surface area contributed by atoms with Crippen molar-refractivity contribution in [1.29, 1.82) is 0 Å². The third kappa shape index (κ3) is 5.59. The summed E-state index contributed by atoms with van der Waals surface area (Å²) in [5.41, 5.74) is 6.82. The SMILES string of the molecule is CCCCC(CC)COC(c1cccc(F)c1)C(C)N. The van der Waals surface area contributed by atoms with Crippen LogP contribution in [0.5, 0.6) is 0 Å². The van der Waals surface area contributed by atoms with E-state index in [2.05, 4.69) is 13.8 Å². The Morgan fingerprint density at radius 3 is 2.60 bits per heavy atom. The predicted octanol–water partition coefficient (Wildman–Crippen LogP) is 4.45. The molecule has 114 valence electrons. The first kappa shape index (κ1) is 17.1. The summed E-state index contributed by atoms with van der Waals surface area (Å²) in [5.74, 6) is 0.319. The molecule has 3 heteroatoms. The Kier molecular flexibility index (Phi) is 7.78. The largest absolute Gasteiger partial charge is 0.372 e. The third-order valence-corrected chi connectivity index (χ3v) is 3.71. The molecular weight excluding hydrogens is 253 g/mol. The molecule has 0 saturated heterocycles. The lowest BCUT2D eigenvalue weighted by atomic mass is 9.99.